The first-order valence-electron chi connectivity index (χ1n) is 5.29. The molecular weight excluding hydrogens is 250 g/mol. The molecule has 0 saturated carbocycles. The average molecular weight is 265 g/mol. The minimum atomic E-state index is -0.499. The monoisotopic (exact) mass is 265 g/mol. The van der Waals surface area contributed by atoms with Gasteiger partial charge in [-0.15, -0.1) is 0 Å². The van der Waals surface area contributed by atoms with E-state index in [2.05, 4.69) is 20.6 Å². The standard InChI is InChI=1S/C12H15N3O2S/c1-8-5-4-6-10(7-8)13-12(18)15-14-9(2)11(16)17-3/h4-7H,1-3H3,(H2,13,15,18)/b14-9+. The second kappa shape index (κ2) is 6.70. The first-order chi connectivity index (χ1) is 8.52. The first kappa shape index (κ1) is 14.1. The van der Waals surface area contributed by atoms with Crippen LogP contribution in [-0.4, -0.2) is 23.9 Å². The molecule has 0 aromatic heterocycles. The number of methoxy groups -OCH3 is 1. The van der Waals surface area contributed by atoms with Crippen LogP contribution in [0.1, 0.15) is 12.5 Å². The molecule has 0 spiro atoms. The Hall–Kier alpha value is -1.95. The third-order valence-corrected chi connectivity index (χ3v) is 2.28. The molecule has 96 valence electrons. The summed E-state index contributed by atoms with van der Waals surface area (Å²) in [5.74, 6) is -0.499. The molecule has 0 radical (unpaired) electrons. The van der Waals surface area contributed by atoms with Crippen molar-refractivity contribution >= 4 is 34.7 Å². The van der Waals surface area contributed by atoms with Crippen LogP contribution in [0, 0.1) is 6.92 Å². The molecular formula is C12H15N3O2S. The quantitative estimate of drug-likeness (QED) is 0.378. The van der Waals surface area contributed by atoms with Gasteiger partial charge >= 0.3 is 5.97 Å². The topological polar surface area (TPSA) is 62.7 Å². The maximum absolute atomic E-state index is 11.1. The fraction of sp³-hybridized carbons (Fsp3) is 0.250. The molecule has 0 bridgehead atoms. The van der Waals surface area contributed by atoms with E-state index in [1.165, 1.54) is 14.0 Å². The first-order valence-corrected chi connectivity index (χ1v) is 5.70. The predicted molar refractivity (Wildman–Crippen MR) is 75.7 cm³/mol. The summed E-state index contributed by atoms with van der Waals surface area (Å²) in [5.41, 5.74) is 4.75. The van der Waals surface area contributed by atoms with E-state index in [9.17, 15) is 4.79 Å². The molecule has 0 heterocycles. The predicted octanol–water partition coefficient (Wildman–Crippen LogP) is 1.83. The zero-order chi connectivity index (χ0) is 13.5. The summed E-state index contributed by atoms with van der Waals surface area (Å²) in [6.45, 7) is 3.52. The molecule has 0 amide bonds. The fourth-order valence-corrected chi connectivity index (χ4v) is 1.37. The Morgan fingerprint density at radius 2 is 2.17 bits per heavy atom. The van der Waals surface area contributed by atoms with E-state index in [1.807, 2.05) is 31.2 Å². The van der Waals surface area contributed by atoms with Crippen molar-refractivity contribution < 1.29 is 9.53 Å². The fourth-order valence-electron chi connectivity index (χ4n) is 1.21. The third kappa shape index (κ3) is 4.50. The second-order valence-electron chi connectivity index (χ2n) is 3.62. The van der Waals surface area contributed by atoms with E-state index in [-0.39, 0.29) is 5.71 Å². The molecule has 5 nitrogen and oxygen atoms in total. The minimum absolute atomic E-state index is 0.200. The Kier molecular flexibility index (Phi) is 5.26. The van der Waals surface area contributed by atoms with Crippen LogP contribution in [0.25, 0.3) is 0 Å². The Morgan fingerprint density at radius 1 is 1.44 bits per heavy atom. The Balaban J connectivity index is 2.55. The number of nitrogens with one attached hydrogen (secondary N) is 2. The Morgan fingerprint density at radius 3 is 2.78 bits per heavy atom. The highest BCUT2D eigenvalue weighted by atomic mass is 32.1. The van der Waals surface area contributed by atoms with Gasteiger partial charge in [0.05, 0.1) is 7.11 Å². The number of anilines is 1. The highest BCUT2D eigenvalue weighted by molar-refractivity contribution is 7.80. The number of hydrogen-bond acceptors (Lipinski definition) is 4. The van der Waals surface area contributed by atoms with Crippen LogP contribution < -0.4 is 10.7 Å². The van der Waals surface area contributed by atoms with Crippen LogP contribution in [0.15, 0.2) is 29.4 Å². The molecule has 0 unspecified atom stereocenters. The van der Waals surface area contributed by atoms with Crippen molar-refractivity contribution in [2.75, 3.05) is 12.4 Å². The van der Waals surface area contributed by atoms with Crippen molar-refractivity contribution in [3.63, 3.8) is 0 Å². The molecule has 18 heavy (non-hydrogen) atoms. The molecule has 0 aliphatic carbocycles. The van der Waals surface area contributed by atoms with Gasteiger partial charge in [-0.3, -0.25) is 5.43 Å². The number of rotatable bonds is 3. The van der Waals surface area contributed by atoms with Crippen molar-refractivity contribution in [2.24, 2.45) is 5.10 Å². The zero-order valence-electron chi connectivity index (χ0n) is 10.5. The summed E-state index contributed by atoms with van der Waals surface area (Å²) < 4.78 is 4.50. The Labute approximate surface area is 111 Å². The number of hydrogen-bond donors (Lipinski definition) is 2. The average Bonchev–Trinajstić information content (AvgIpc) is 2.35. The van der Waals surface area contributed by atoms with Crippen LogP contribution in [0.5, 0.6) is 0 Å². The lowest BCUT2D eigenvalue weighted by Gasteiger charge is -2.08. The van der Waals surface area contributed by atoms with Crippen molar-refractivity contribution in [3.05, 3.63) is 29.8 Å². The SMILES string of the molecule is COC(=O)/C(C)=N/NC(=S)Nc1cccc(C)c1. The zero-order valence-corrected chi connectivity index (χ0v) is 11.3. The highest BCUT2D eigenvalue weighted by Crippen LogP contribution is 2.08. The normalized spacial score (nSPS) is 10.7. The van der Waals surface area contributed by atoms with Gasteiger partial charge < -0.3 is 10.1 Å². The van der Waals surface area contributed by atoms with Crippen LogP contribution in [0.4, 0.5) is 5.69 Å². The number of carbonyl (C=O) groups is 1. The molecule has 1 rings (SSSR count). The summed E-state index contributed by atoms with van der Waals surface area (Å²) in [6.07, 6.45) is 0. The highest BCUT2D eigenvalue weighted by Gasteiger charge is 2.04. The van der Waals surface area contributed by atoms with E-state index in [0.717, 1.165) is 11.3 Å². The number of ether oxygens (including phenoxy) is 1. The number of benzene rings is 1. The molecule has 0 fully saturated rings. The van der Waals surface area contributed by atoms with Gasteiger partial charge in [-0.2, -0.15) is 5.10 Å². The maximum Gasteiger partial charge on any atom is 0.353 e. The molecule has 0 aliphatic heterocycles. The molecule has 0 saturated heterocycles. The molecule has 1 aromatic rings. The van der Waals surface area contributed by atoms with E-state index >= 15 is 0 Å². The van der Waals surface area contributed by atoms with Gasteiger partial charge in [-0.1, -0.05) is 12.1 Å². The number of esters is 1. The van der Waals surface area contributed by atoms with Crippen LogP contribution >= 0.6 is 12.2 Å². The van der Waals surface area contributed by atoms with Crippen molar-refractivity contribution in [2.45, 2.75) is 13.8 Å². The number of thiocarbonyl (C=S) groups is 1. The lowest BCUT2D eigenvalue weighted by molar-refractivity contribution is -0.132. The van der Waals surface area contributed by atoms with Crippen LogP contribution in [-0.2, 0) is 9.53 Å². The molecule has 0 aliphatic rings. The maximum atomic E-state index is 11.1. The van der Waals surface area contributed by atoms with Crippen molar-refractivity contribution in [1.82, 2.24) is 5.43 Å². The molecule has 6 heteroatoms. The van der Waals surface area contributed by atoms with Crippen molar-refractivity contribution in [1.29, 1.82) is 0 Å². The summed E-state index contributed by atoms with van der Waals surface area (Å²) in [6, 6.07) is 7.74. The van der Waals surface area contributed by atoms with E-state index in [4.69, 9.17) is 12.2 Å². The summed E-state index contributed by atoms with van der Waals surface area (Å²) in [4.78, 5) is 11.1. The van der Waals surface area contributed by atoms with Gasteiger partial charge in [0.1, 0.15) is 5.71 Å². The summed E-state index contributed by atoms with van der Waals surface area (Å²) in [5, 5.41) is 7.07. The Bertz CT molecular complexity index is 486. The smallest absolute Gasteiger partial charge is 0.353 e. The molecule has 1 aromatic carbocycles. The van der Waals surface area contributed by atoms with E-state index in [0.29, 0.717) is 5.11 Å². The lowest BCUT2D eigenvalue weighted by Crippen LogP contribution is -2.26. The third-order valence-electron chi connectivity index (χ3n) is 2.08. The molecule has 2 N–H and O–H groups in total. The lowest BCUT2D eigenvalue weighted by atomic mass is 10.2. The number of hydrazone groups is 1. The number of carbonyl (C=O) groups excluding carboxylic acids is 1. The number of nitrogens with zero attached hydrogens (tertiary/aromatic N) is 1. The van der Waals surface area contributed by atoms with Gasteiger partial charge in [0.25, 0.3) is 0 Å². The van der Waals surface area contributed by atoms with Gasteiger partial charge in [0.2, 0.25) is 0 Å². The van der Waals surface area contributed by atoms with Crippen LogP contribution in [0.3, 0.4) is 0 Å². The van der Waals surface area contributed by atoms with Gasteiger partial charge in [0.15, 0.2) is 5.11 Å². The minimum Gasteiger partial charge on any atom is -0.464 e. The van der Waals surface area contributed by atoms with Crippen molar-refractivity contribution in [3.8, 4) is 0 Å². The van der Waals surface area contributed by atoms with Gasteiger partial charge in [-0.05, 0) is 43.8 Å². The number of aryl methyl sites for hydroxylation is 1. The van der Waals surface area contributed by atoms with E-state index < -0.39 is 5.97 Å². The summed E-state index contributed by atoms with van der Waals surface area (Å²) in [7, 11) is 1.30. The summed E-state index contributed by atoms with van der Waals surface area (Å²) >= 11 is 5.04. The van der Waals surface area contributed by atoms with E-state index in [1.54, 1.807) is 0 Å². The second-order valence-corrected chi connectivity index (χ2v) is 4.03. The van der Waals surface area contributed by atoms with Gasteiger partial charge in [0, 0.05) is 5.69 Å². The van der Waals surface area contributed by atoms with Gasteiger partial charge in [-0.25, -0.2) is 4.79 Å². The molecule has 0 atom stereocenters. The largest absolute Gasteiger partial charge is 0.464 e. The van der Waals surface area contributed by atoms with Crippen LogP contribution in [0.2, 0.25) is 0 Å².